The smallest absolute Gasteiger partial charge is 0.0678 e. The Morgan fingerprint density at radius 3 is 3.00 bits per heavy atom. The fourth-order valence-corrected chi connectivity index (χ4v) is 2.36. The first-order valence-corrected chi connectivity index (χ1v) is 6.79. The van der Waals surface area contributed by atoms with Crippen molar-refractivity contribution in [1.82, 2.24) is 10.2 Å². The monoisotopic (exact) mass is 240 g/mol. The highest BCUT2D eigenvalue weighted by atomic mass is 16.5. The van der Waals surface area contributed by atoms with Crippen molar-refractivity contribution in [2.45, 2.75) is 45.3 Å². The van der Waals surface area contributed by atoms with Crippen molar-refractivity contribution in [2.75, 3.05) is 32.8 Å². The van der Waals surface area contributed by atoms with Crippen molar-refractivity contribution in [3.05, 3.63) is 12.7 Å². The lowest BCUT2D eigenvalue weighted by Gasteiger charge is -2.33. The molecule has 1 rings (SSSR count). The topological polar surface area (TPSA) is 24.5 Å². The number of nitrogens with zero attached hydrogens (tertiary/aromatic N) is 1. The molecule has 3 nitrogen and oxygen atoms in total. The molecule has 0 aromatic heterocycles. The van der Waals surface area contributed by atoms with Gasteiger partial charge in [-0.2, -0.15) is 0 Å². The van der Waals surface area contributed by atoms with E-state index in [2.05, 4.69) is 37.6 Å². The Morgan fingerprint density at radius 1 is 1.59 bits per heavy atom. The summed E-state index contributed by atoms with van der Waals surface area (Å²) in [6.45, 7) is 15.5. The summed E-state index contributed by atoms with van der Waals surface area (Å²) in [6.07, 6.45) is 4.50. The fraction of sp³-hybridized carbons (Fsp3) is 0.857. The zero-order valence-electron chi connectivity index (χ0n) is 11.7. The van der Waals surface area contributed by atoms with Crippen LogP contribution in [0.3, 0.4) is 0 Å². The molecular formula is C14H28N2O. The van der Waals surface area contributed by atoms with Gasteiger partial charge in [-0.3, -0.25) is 4.90 Å². The van der Waals surface area contributed by atoms with Gasteiger partial charge in [0.15, 0.2) is 0 Å². The summed E-state index contributed by atoms with van der Waals surface area (Å²) >= 11 is 0. The summed E-state index contributed by atoms with van der Waals surface area (Å²) in [5.74, 6) is 0. The Labute approximate surface area is 106 Å². The van der Waals surface area contributed by atoms with Gasteiger partial charge in [0.1, 0.15) is 0 Å². The highest BCUT2D eigenvalue weighted by molar-refractivity contribution is 4.88. The quantitative estimate of drug-likeness (QED) is 0.719. The van der Waals surface area contributed by atoms with E-state index in [0.29, 0.717) is 6.61 Å². The average Bonchev–Trinajstić information content (AvgIpc) is 2.49. The van der Waals surface area contributed by atoms with Gasteiger partial charge in [-0.05, 0) is 39.8 Å². The van der Waals surface area contributed by atoms with Gasteiger partial charge >= 0.3 is 0 Å². The first-order chi connectivity index (χ1) is 8.09. The predicted octanol–water partition coefficient (Wildman–Crippen LogP) is 2.04. The molecular weight excluding hydrogens is 212 g/mol. The van der Waals surface area contributed by atoms with Crippen LogP contribution in [0.1, 0.15) is 33.6 Å². The van der Waals surface area contributed by atoms with Crippen molar-refractivity contribution in [1.29, 1.82) is 0 Å². The molecule has 0 amide bonds. The summed E-state index contributed by atoms with van der Waals surface area (Å²) in [7, 11) is 0. The Bertz CT molecular complexity index is 232. The van der Waals surface area contributed by atoms with Crippen LogP contribution < -0.4 is 5.32 Å². The molecule has 1 heterocycles. The lowest BCUT2D eigenvalue weighted by atomic mass is 9.98. The third-order valence-corrected chi connectivity index (χ3v) is 3.57. The normalized spacial score (nSPS) is 28.6. The minimum atomic E-state index is 0.259. The van der Waals surface area contributed by atoms with Gasteiger partial charge in [0.2, 0.25) is 0 Å². The Morgan fingerprint density at radius 2 is 2.35 bits per heavy atom. The van der Waals surface area contributed by atoms with E-state index in [1.807, 2.05) is 6.08 Å². The summed E-state index contributed by atoms with van der Waals surface area (Å²) in [6, 6.07) is 0. The molecule has 3 heteroatoms. The molecule has 2 unspecified atom stereocenters. The van der Waals surface area contributed by atoms with Crippen LogP contribution in [-0.2, 0) is 4.74 Å². The molecule has 1 fully saturated rings. The Kier molecular flexibility index (Phi) is 6.17. The number of ether oxygens (including phenoxy) is 1. The average molecular weight is 240 g/mol. The van der Waals surface area contributed by atoms with Crippen molar-refractivity contribution < 1.29 is 4.74 Å². The predicted molar refractivity (Wildman–Crippen MR) is 73.4 cm³/mol. The molecule has 1 aliphatic heterocycles. The van der Waals surface area contributed by atoms with E-state index in [4.69, 9.17) is 4.74 Å². The minimum Gasteiger partial charge on any atom is -0.373 e. The van der Waals surface area contributed by atoms with Crippen molar-refractivity contribution >= 4 is 0 Å². The molecule has 0 saturated carbocycles. The molecule has 17 heavy (non-hydrogen) atoms. The van der Waals surface area contributed by atoms with Crippen LogP contribution in [0.5, 0.6) is 0 Å². The second-order valence-corrected chi connectivity index (χ2v) is 5.36. The van der Waals surface area contributed by atoms with E-state index in [1.165, 1.54) is 19.4 Å². The zero-order valence-corrected chi connectivity index (χ0v) is 11.7. The summed E-state index contributed by atoms with van der Waals surface area (Å²) < 4.78 is 5.66. The van der Waals surface area contributed by atoms with E-state index in [-0.39, 0.29) is 11.6 Å². The molecule has 0 aromatic rings. The van der Waals surface area contributed by atoms with Gasteiger partial charge < -0.3 is 10.1 Å². The maximum absolute atomic E-state index is 5.66. The Balaban J connectivity index is 2.43. The van der Waals surface area contributed by atoms with Gasteiger partial charge in [0.05, 0.1) is 12.7 Å². The number of rotatable bonds is 6. The molecule has 1 aliphatic rings. The van der Waals surface area contributed by atoms with Gasteiger partial charge in [0.25, 0.3) is 0 Å². The number of hydrogen-bond acceptors (Lipinski definition) is 3. The fourth-order valence-electron chi connectivity index (χ4n) is 2.36. The SMILES string of the molecule is C=CCOC(C)CN1CCCNC(C)(CC)C1. The molecule has 0 aliphatic carbocycles. The molecule has 100 valence electrons. The van der Waals surface area contributed by atoms with Crippen molar-refractivity contribution in [3.8, 4) is 0 Å². The molecule has 0 bridgehead atoms. The molecule has 1 N–H and O–H groups in total. The van der Waals surface area contributed by atoms with Gasteiger partial charge in [-0.1, -0.05) is 13.0 Å². The van der Waals surface area contributed by atoms with E-state index in [1.54, 1.807) is 0 Å². The lowest BCUT2D eigenvalue weighted by Crippen LogP contribution is -2.49. The third-order valence-electron chi connectivity index (χ3n) is 3.57. The Hall–Kier alpha value is -0.380. The minimum absolute atomic E-state index is 0.259. The van der Waals surface area contributed by atoms with E-state index in [0.717, 1.165) is 19.6 Å². The van der Waals surface area contributed by atoms with Gasteiger partial charge in [-0.15, -0.1) is 6.58 Å². The molecule has 2 atom stereocenters. The second kappa shape index (κ2) is 7.14. The van der Waals surface area contributed by atoms with Crippen LogP contribution in [0.25, 0.3) is 0 Å². The number of hydrogen-bond donors (Lipinski definition) is 1. The van der Waals surface area contributed by atoms with Crippen molar-refractivity contribution in [3.63, 3.8) is 0 Å². The summed E-state index contributed by atoms with van der Waals surface area (Å²) in [4.78, 5) is 2.53. The first kappa shape index (κ1) is 14.7. The zero-order chi connectivity index (χ0) is 12.7. The maximum atomic E-state index is 5.66. The second-order valence-electron chi connectivity index (χ2n) is 5.36. The van der Waals surface area contributed by atoms with Crippen LogP contribution in [0, 0.1) is 0 Å². The highest BCUT2D eigenvalue weighted by Gasteiger charge is 2.27. The maximum Gasteiger partial charge on any atom is 0.0678 e. The standard InChI is InChI=1S/C14H28N2O/c1-5-10-17-13(3)11-16-9-7-8-15-14(4,6-2)12-16/h5,13,15H,1,6-12H2,2-4H3. The van der Waals surface area contributed by atoms with E-state index >= 15 is 0 Å². The summed E-state index contributed by atoms with van der Waals surface area (Å²) in [5, 5.41) is 3.66. The summed E-state index contributed by atoms with van der Waals surface area (Å²) in [5.41, 5.74) is 0.259. The molecule has 0 aromatic carbocycles. The molecule has 0 spiro atoms. The van der Waals surface area contributed by atoms with Gasteiger partial charge in [0, 0.05) is 18.6 Å². The molecule has 1 saturated heterocycles. The largest absolute Gasteiger partial charge is 0.373 e. The van der Waals surface area contributed by atoms with Crippen LogP contribution in [0.15, 0.2) is 12.7 Å². The van der Waals surface area contributed by atoms with Crippen molar-refractivity contribution in [2.24, 2.45) is 0 Å². The van der Waals surface area contributed by atoms with Crippen LogP contribution >= 0.6 is 0 Å². The number of nitrogens with one attached hydrogen (secondary N) is 1. The first-order valence-electron chi connectivity index (χ1n) is 6.79. The lowest BCUT2D eigenvalue weighted by molar-refractivity contribution is 0.0501. The molecule has 0 radical (unpaired) electrons. The van der Waals surface area contributed by atoms with Gasteiger partial charge in [-0.25, -0.2) is 0 Å². The highest BCUT2D eigenvalue weighted by Crippen LogP contribution is 2.15. The van der Waals surface area contributed by atoms with Crippen LogP contribution in [0.2, 0.25) is 0 Å². The van der Waals surface area contributed by atoms with Crippen LogP contribution in [0.4, 0.5) is 0 Å². The third kappa shape index (κ3) is 5.19. The van der Waals surface area contributed by atoms with E-state index < -0.39 is 0 Å². The van der Waals surface area contributed by atoms with E-state index in [9.17, 15) is 0 Å². The van der Waals surface area contributed by atoms with Crippen LogP contribution in [-0.4, -0.2) is 49.3 Å².